The molecule has 3 aromatic rings. The highest BCUT2D eigenvalue weighted by Crippen LogP contribution is 2.32. The Hall–Kier alpha value is -3.65. The van der Waals surface area contributed by atoms with E-state index in [4.69, 9.17) is 14.5 Å². The molecule has 1 saturated heterocycles. The smallest absolute Gasteiger partial charge is 0.316 e. The molecule has 1 aromatic carbocycles. The van der Waals surface area contributed by atoms with Gasteiger partial charge in [0.05, 0.1) is 24.5 Å². The first-order valence-electron chi connectivity index (χ1n) is 12.1. The standard InChI is InChI=1S/C27H32N6O2/c1-17(2)35-27-29-13-21(14-30-27)24-12-20-7-8-28-15-23(20)26(32-24)31-22-5-6-25(18(3)11-22)33-9-10-34-19(4)16-33/h5-8,11-14,17,19,28H,9-10,15-16H2,1-4H3,(H,31,32)/t19-/m1/s1. The van der Waals surface area contributed by atoms with E-state index in [1.54, 1.807) is 12.4 Å². The molecule has 1 atom stereocenters. The summed E-state index contributed by atoms with van der Waals surface area (Å²) in [4.78, 5) is 16.1. The van der Waals surface area contributed by atoms with Crippen LogP contribution < -0.4 is 20.3 Å². The van der Waals surface area contributed by atoms with E-state index in [2.05, 4.69) is 69.7 Å². The summed E-state index contributed by atoms with van der Waals surface area (Å²) in [5.74, 6) is 0.823. The molecule has 0 unspecified atom stereocenters. The monoisotopic (exact) mass is 472 g/mol. The predicted molar refractivity (Wildman–Crippen MR) is 139 cm³/mol. The number of morpholine rings is 1. The first-order valence-corrected chi connectivity index (χ1v) is 12.1. The molecule has 2 aliphatic heterocycles. The lowest BCUT2D eigenvalue weighted by Crippen LogP contribution is -2.41. The van der Waals surface area contributed by atoms with Crippen molar-refractivity contribution in [2.24, 2.45) is 0 Å². The van der Waals surface area contributed by atoms with Gasteiger partial charge < -0.3 is 25.0 Å². The highest BCUT2D eigenvalue weighted by molar-refractivity contribution is 5.74. The molecule has 8 heteroatoms. The van der Waals surface area contributed by atoms with Gasteiger partial charge >= 0.3 is 6.01 Å². The van der Waals surface area contributed by atoms with Crippen LogP contribution >= 0.6 is 0 Å². The van der Waals surface area contributed by atoms with Gasteiger partial charge in [-0.15, -0.1) is 0 Å². The van der Waals surface area contributed by atoms with Crippen LogP contribution in [0.2, 0.25) is 0 Å². The second kappa shape index (κ2) is 9.92. The largest absolute Gasteiger partial charge is 0.461 e. The van der Waals surface area contributed by atoms with Gasteiger partial charge in [-0.25, -0.2) is 15.0 Å². The SMILES string of the molecule is Cc1cc(Nc2nc(-c3cnc(OC(C)C)nc3)cc3c2CNC=C3)ccc1N1CCO[C@H](C)C1. The summed E-state index contributed by atoms with van der Waals surface area (Å²) in [6, 6.07) is 8.94. The highest BCUT2D eigenvalue weighted by Gasteiger charge is 2.19. The number of hydrogen-bond acceptors (Lipinski definition) is 8. The van der Waals surface area contributed by atoms with Gasteiger partial charge in [-0.1, -0.05) is 0 Å². The zero-order chi connectivity index (χ0) is 24.4. The normalized spacial score (nSPS) is 17.2. The molecular formula is C27H32N6O2. The van der Waals surface area contributed by atoms with Crippen molar-refractivity contribution in [1.29, 1.82) is 0 Å². The van der Waals surface area contributed by atoms with Crippen molar-refractivity contribution in [1.82, 2.24) is 20.3 Å². The Bertz CT molecular complexity index is 1230. The lowest BCUT2D eigenvalue weighted by Gasteiger charge is -2.34. The maximum absolute atomic E-state index is 5.71. The zero-order valence-corrected chi connectivity index (χ0v) is 20.7. The maximum atomic E-state index is 5.71. The molecule has 0 spiro atoms. The molecule has 2 aliphatic rings. The number of nitrogens with one attached hydrogen (secondary N) is 2. The van der Waals surface area contributed by atoms with Crippen molar-refractivity contribution in [3.05, 3.63) is 59.5 Å². The summed E-state index contributed by atoms with van der Waals surface area (Å²) in [6.45, 7) is 11.5. The van der Waals surface area contributed by atoms with Gasteiger partial charge in [-0.05, 0) is 75.4 Å². The summed E-state index contributed by atoms with van der Waals surface area (Å²) in [7, 11) is 0. The number of fused-ring (bicyclic) bond motifs is 1. The molecule has 182 valence electrons. The summed E-state index contributed by atoms with van der Waals surface area (Å²) in [5, 5.41) is 6.87. The average Bonchev–Trinajstić information content (AvgIpc) is 2.84. The van der Waals surface area contributed by atoms with E-state index in [9.17, 15) is 0 Å². The number of rotatable bonds is 6. The average molecular weight is 473 g/mol. The fourth-order valence-corrected chi connectivity index (χ4v) is 4.47. The minimum absolute atomic E-state index is 0.0256. The molecule has 2 aromatic heterocycles. The fraction of sp³-hybridized carbons (Fsp3) is 0.370. The van der Waals surface area contributed by atoms with Crippen molar-refractivity contribution in [2.45, 2.75) is 46.4 Å². The van der Waals surface area contributed by atoms with Gasteiger partial charge in [-0.3, -0.25) is 0 Å². The van der Waals surface area contributed by atoms with Crippen LogP contribution in [0, 0.1) is 6.92 Å². The van der Waals surface area contributed by atoms with E-state index in [-0.39, 0.29) is 12.2 Å². The first-order chi connectivity index (χ1) is 17.0. The van der Waals surface area contributed by atoms with Crippen LogP contribution in [0.1, 0.15) is 37.5 Å². The lowest BCUT2D eigenvalue weighted by atomic mass is 10.0. The van der Waals surface area contributed by atoms with E-state index in [1.165, 1.54) is 11.3 Å². The molecule has 35 heavy (non-hydrogen) atoms. The Kier molecular flexibility index (Phi) is 6.55. The highest BCUT2D eigenvalue weighted by atomic mass is 16.5. The molecule has 1 fully saturated rings. The topological polar surface area (TPSA) is 84.4 Å². The van der Waals surface area contributed by atoms with Crippen molar-refractivity contribution in [3.63, 3.8) is 0 Å². The van der Waals surface area contributed by atoms with Gasteiger partial charge in [0.2, 0.25) is 0 Å². The number of nitrogens with zero attached hydrogens (tertiary/aromatic N) is 4. The molecule has 0 amide bonds. The fourth-order valence-electron chi connectivity index (χ4n) is 4.47. The van der Waals surface area contributed by atoms with Crippen molar-refractivity contribution in [2.75, 3.05) is 29.9 Å². The van der Waals surface area contributed by atoms with Crippen LogP contribution in [0.15, 0.2) is 42.9 Å². The van der Waals surface area contributed by atoms with Crippen LogP contribution in [-0.2, 0) is 11.3 Å². The molecule has 8 nitrogen and oxygen atoms in total. The van der Waals surface area contributed by atoms with Gasteiger partial charge in [0, 0.05) is 54.5 Å². The molecule has 0 saturated carbocycles. The van der Waals surface area contributed by atoms with Gasteiger partial charge in [0.25, 0.3) is 0 Å². The van der Waals surface area contributed by atoms with Crippen molar-refractivity contribution in [3.8, 4) is 17.3 Å². The van der Waals surface area contributed by atoms with E-state index in [1.807, 2.05) is 20.0 Å². The molecule has 0 radical (unpaired) electrons. The second-order valence-electron chi connectivity index (χ2n) is 9.31. The van der Waals surface area contributed by atoms with Crippen LogP contribution in [0.25, 0.3) is 17.3 Å². The molecular weight excluding hydrogens is 440 g/mol. The number of ether oxygens (including phenoxy) is 2. The van der Waals surface area contributed by atoms with Crippen LogP contribution in [0.3, 0.4) is 0 Å². The zero-order valence-electron chi connectivity index (χ0n) is 20.7. The van der Waals surface area contributed by atoms with E-state index in [0.717, 1.165) is 53.6 Å². The summed E-state index contributed by atoms with van der Waals surface area (Å²) in [5.41, 5.74) is 7.37. The number of aromatic nitrogens is 3. The van der Waals surface area contributed by atoms with E-state index in [0.29, 0.717) is 12.6 Å². The molecule has 2 N–H and O–H groups in total. The number of anilines is 3. The quantitative estimate of drug-likeness (QED) is 0.535. The Morgan fingerprint density at radius 1 is 1.20 bits per heavy atom. The van der Waals surface area contributed by atoms with Gasteiger partial charge in [0.1, 0.15) is 5.82 Å². The first kappa shape index (κ1) is 23.1. The Morgan fingerprint density at radius 2 is 2.03 bits per heavy atom. The molecule has 0 bridgehead atoms. The summed E-state index contributed by atoms with van der Waals surface area (Å²) < 4.78 is 11.3. The third-order valence-electron chi connectivity index (χ3n) is 6.12. The maximum Gasteiger partial charge on any atom is 0.316 e. The van der Waals surface area contributed by atoms with Gasteiger partial charge in [0.15, 0.2) is 0 Å². The van der Waals surface area contributed by atoms with Crippen LogP contribution in [0.5, 0.6) is 6.01 Å². The number of aryl methyl sites for hydroxylation is 1. The lowest BCUT2D eigenvalue weighted by molar-refractivity contribution is 0.0532. The minimum atomic E-state index is 0.0256. The van der Waals surface area contributed by atoms with E-state index < -0.39 is 0 Å². The molecule has 0 aliphatic carbocycles. The Balaban J connectivity index is 1.43. The number of pyridine rings is 1. The third kappa shape index (κ3) is 5.22. The van der Waals surface area contributed by atoms with Crippen molar-refractivity contribution < 1.29 is 9.47 Å². The Morgan fingerprint density at radius 3 is 2.77 bits per heavy atom. The summed E-state index contributed by atoms with van der Waals surface area (Å²) >= 11 is 0. The summed E-state index contributed by atoms with van der Waals surface area (Å²) in [6.07, 6.45) is 7.83. The minimum Gasteiger partial charge on any atom is -0.461 e. The molecule has 4 heterocycles. The third-order valence-corrected chi connectivity index (χ3v) is 6.12. The number of benzene rings is 1. The van der Waals surface area contributed by atoms with E-state index >= 15 is 0 Å². The number of hydrogen-bond donors (Lipinski definition) is 2. The van der Waals surface area contributed by atoms with Crippen molar-refractivity contribution >= 4 is 23.3 Å². The van der Waals surface area contributed by atoms with Crippen LogP contribution in [0.4, 0.5) is 17.2 Å². The predicted octanol–water partition coefficient (Wildman–Crippen LogP) is 4.68. The van der Waals surface area contributed by atoms with Crippen LogP contribution in [-0.4, -0.2) is 46.9 Å². The molecule has 5 rings (SSSR count). The van der Waals surface area contributed by atoms with Gasteiger partial charge in [-0.2, -0.15) is 0 Å². The Labute approximate surface area is 206 Å². The second-order valence-corrected chi connectivity index (χ2v) is 9.31.